The normalized spacial score (nSPS) is 14.2. The lowest BCUT2D eigenvalue weighted by Gasteiger charge is -2.27. The molecule has 0 fully saturated rings. The number of hydrogen-bond acceptors (Lipinski definition) is 5. The molecule has 2 atom stereocenters. The zero-order chi connectivity index (χ0) is 18.6. The number of benzene rings is 1. The van der Waals surface area contributed by atoms with Crippen molar-refractivity contribution in [3.63, 3.8) is 0 Å². The molecule has 0 saturated heterocycles. The summed E-state index contributed by atoms with van der Waals surface area (Å²) in [5.74, 6) is -0.140. The maximum atomic E-state index is 13.1. The first-order chi connectivity index (χ1) is 11.7. The molecule has 2 aromatic rings. The Kier molecular flexibility index (Phi) is 5.84. The van der Waals surface area contributed by atoms with Crippen LogP contribution in [0.4, 0.5) is 4.39 Å². The third kappa shape index (κ3) is 5.06. The largest absolute Gasteiger partial charge is 0.391 e. The van der Waals surface area contributed by atoms with Gasteiger partial charge in [-0.25, -0.2) is 9.07 Å². The number of aliphatic hydroxyl groups excluding tert-OH is 1. The number of aromatic nitrogens is 4. The number of nitrogens with one attached hydrogen (secondary N) is 1. The molecule has 1 amide bonds. The highest BCUT2D eigenvalue weighted by atomic mass is 19.1. The van der Waals surface area contributed by atoms with Crippen LogP contribution in [0.5, 0.6) is 0 Å². The highest BCUT2D eigenvalue weighted by Gasteiger charge is 2.27. The molecule has 0 bridgehead atoms. The Morgan fingerprint density at radius 3 is 2.48 bits per heavy atom. The second-order valence-corrected chi connectivity index (χ2v) is 7.14. The van der Waals surface area contributed by atoms with Crippen molar-refractivity contribution in [1.82, 2.24) is 25.5 Å². The molecule has 25 heavy (non-hydrogen) atoms. The van der Waals surface area contributed by atoms with Crippen LogP contribution in [0, 0.1) is 18.2 Å². The Morgan fingerprint density at radius 2 is 1.96 bits per heavy atom. The van der Waals surface area contributed by atoms with Gasteiger partial charge in [-0.05, 0) is 40.5 Å². The fraction of sp³-hybridized carbons (Fsp3) is 0.529. The first kappa shape index (κ1) is 19.0. The van der Waals surface area contributed by atoms with Gasteiger partial charge < -0.3 is 10.4 Å². The van der Waals surface area contributed by atoms with E-state index in [1.54, 1.807) is 19.1 Å². The van der Waals surface area contributed by atoms with Crippen LogP contribution in [0.1, 0.15) is 38.2 Å². The third-order valence-electron chi connectivity index (χ3n) is 4.07. The van der Waals surface area contributed by atoms with Crippen molar-refractivity contribution in [1.29, 1.82) is 0 Å². The second kappa shape index (κ2) is 7.69. The summed E-state index contributed by atoms with van der Waals surface area (Å²) < 4.78 is 14.5. The summed E-state index contributed by atoms with van der Waals surface area (Å²) in [4.78, 5) is 12.7. The Bertz CT molecular complexity index is 709. The molecule has 7 nitrogen and oxygen atoms in total. The Balaban J connectivity index is 2.15. The van der Waals surface area contributed by atoms with Crippen molar-refractivity contribution in [2.75, 3.05) is 6.54 Å². The molecule has 8 heteroatoms. The molecule has 0 aliphatic heterocycles. The Hall–Kier alpha value is -2.35. The number of rotatable bonds is 6. The molecule has 1 heterocycles. The summed E-state index contributed by atoms with van der Waals surface area (Å²) in [7, 11) is 0. The molecule has 0 saturated carbocycles. The third-order valence-corrected chi connectivity index (χ3v) is 4.07. The van der Waals surface area contributed by atoms with Crippen LogP contribution >= 0.6 is 0 Å². The van der Waals surface area contributed by atoms with Crippen molar-refractivity contribution in [3.05, 3.63) is 41.5 Å². The van der Waals surface area contributed by atoms with Gasteiger partial charge in [-0.2, -0.15) is 0 Å². The minimum atomic E-state index is -0.687. The highest BCUT2D eigenvalue weighted by molar-refractivity contribution is 5.80. The lowest BCUT2D eigenvalue weighted by molar-refractivity contribution is -0.125. The summed E-state index contributed by atoms with van der Waals surface area (Å²) >= 11 is 0. The standard InChI is InChI=1S/C17H24FN5O2/c1-11-20-21-22-23(11)14(9-12-5-7-13(18)8-6-12)16(25)19-10-15(24)17(2,3)4/h5-8,14-15,24H,9-10H2,1-4H3,(H,19,25). The van der Waals surface area contributed by atoms with Gasteiger partial charge in [-0.3, -0.25) is 4.79 Å². The molecule has 0 radical (unpaired) electrons. The van der Waals surface area contributed by atoms with Gasteiger partial charge in [0, 0.05) is 13.0 Å². The summed E-state index contributed by atoms with van der Waals surface area (Å²) in [6, 6.07) is 5.26. The number of tetrazole rings is 1. The summed E-state index contributed by atoms with van der Waals surface area (Å²) in [5.41, 5.74) is 0.442. The zero-order valence-corrected chi connectivity index (χ0v) is 14.9. The smallest absolute Gasteiger partial charge is 0.245 e. The molecule has 2 rings (SSSR count). The molecule has 0 aliphatic rings. The van der Waals surface area contributed by atoms with E-state index < -0.39 is 12.1 Å². The molecular formula is C17H24FN5O2. The van der Waals surface area contributed by atoms with E-state index in [1.165, 1.54) is 16.8 Å². The van der Waals surface area contributed by atoms with Crippen LogP contribution in [0.2, 0.25) is 0 Å². The van der Waals surface area contributed by atoms with E-state index in [0.717, 1.165) is 5.56 Å². The van der Waals surface area contributed by atoms with Gasteiger partial charge in [0.05, 0.1) is 6.10 Å². The van der Waals surface area contributed by atoms with Gasteiger partial charge in [0.25, 0.3) is 0 Å². The van der Waals surface area contributed by atoms with E-state index in [2.05, 4.69) is 20.8 Å². The van der Waals surface area contributed by atoms with Crippen LogP contribution in [-0.2, 0) is 11.2 Å². The molecule has 2 unspecified atom stereocenters. The van der Waals surface area contributed by atoms with Crippen LogP contribution in [0.15, 0.2) is 24.3 Å². The van der Waals surface area contributed by atoms with Crippen molar-refractivity contribution >= 4 is 5.91 Å². The fourth-order valence-corrected chi connectivity index (χ4v) is 2.28. The van der Waals surface area contributed by atoms with Crippen LogP contribution in [0.3, 0.4) is 0 Å². The molecular weight excluding hydrogens is 325 g/mol. The fourth-order valence-electron chi connectivity index (χ4n) is 2.28. The van der Waals surface area contributed by atoms with Gasteiger partial charge in [-0.15, -0.1) is 5.10 Å². The molecule has 1 aromatic carbocycles. The maximum Gasteiger partial charge on any atom is 0.245 e. The van der Waals surface area contributed by atoms with E-state index in [1.807, 2.05) is 20.8 Å². The summed E-state index contributed by atoms with van der Waals surface area (Å²) in [6.07, 6.45) is -0.373. The molecule has 0 spiro atoms. The Morgan fingerprint density at radius 1 is 1.32 bits per heavy atom. The average molecular weight is 349 g/mol. The monoisotopic (exact) mass is 349 g/mol. The lowest BCUT2D eigenvalue weighted by atomic mass is 9.89. The maximum absolute atomic E-state index is 13.1. The number of aliphatic hydroxyl groups is 1. The van der Waals surface area contributed by atoms with Gasteiger partial charge in [0.1, 0.15) is 17.7 Å². The molecule has 2 N–H and O–H groups in total. The van der Waals surface area contributed by atoms with Crippen molar-refractivity contribution in [2.24, 2.45) is 5.41 Å². The van der Waals surface area contributed by atoms with Crippen LogP contribution < -0.4 is 5.32 Å². The number of halogens is 1. The SMILES string of the molecule is Cc1nnnn1C(Cc1ccc(F)cc1)C(=O)NCC(O)C(C)(C)C. The van der Waals surface area contributed by atoms with E-state index >= 15 is 0 Å². The van der Waals surface area contributed by atoms with E-state index in [0.29, 0.717) is 12.2 Å². The zero-order valence-electron chi connectivity index (χ0n) is 14.9. The number of nitrogens with zero attached hydrogens (tertiary/aromatic N) is 4. The van der Waals surface area contributed by atoms with Crippen LogP contribution in [-0.4, -0.2) is 43.9 Å². The van der Waals surface area contributed by atoms with Crippen molar-refractivity contribution < 1.29 is 14.3 Å². The molecule has 1 aromatic heterocycles. The highest BCUT2D eigenvalue weighted by Crippen LogP contribution is 2.19. The quantitative estimate of drug-likeness (QED) is 0.823. The van der Waals surface area contributed by atoms with Crippen molar-refractivity contribution in [2.45, 2.75) is 46.3 Å². The van der Waals surface area contributed by atoms with Gasteiger partial charge >= 0.3 is 0 Å². The summed E-state index contributed by atoms with van der Waals surface area (Å²) in [5, 5.41) is 24.2. The lowest BCUT2D eigenvalue weighted by Crippen LogP contribution is -2.42. The van der Waals surface area contributed by atoms with Crippen LogP contribution in [0.25, 0.3) is 0 Å². The van der Waals surface area contributed by atoms with Crippen molar-refractivity contribution in [3.8, 4) is 0 Å². The first-order valence-corrected chi connectivity index (χ1v) is 8.13. The number of aryl methyl sites for hydroxylation is 1. The Labute approximate surface area is 146 Å². The van der Waals surface area contributed by atoms with Gasteiger partial charge in [0.15, 0.2) is 0 Å². The minimum Gasteiger partial charge on any atom is -0.391 e. The minimum absolute atomic E-state index is 0.128. The number of hydrogen-bond donors (Lipinski definition) is 2. The predicted molar refractivity (Wildman–Crippen MR) is 90.2 cm³/mol. The van der Waals surface area contributed by atoms with Gasteiger partial charge in [-0.1, -0.05) is 32.9 Å². The number of amides is 1. The predicted octanol–water partition coefficient (Wildman–Crippen LogP) is 1.43. The van der Waals surface area contributed by atoms with Gasteiger partial charge in [0.2, 0.25) is 5.91 Å². The second-order valence-electron chi connectivity index (χ2n) is 7.14. The topological polar surface area (TPSA) is 92.9 Å². The average Bonchev–Trinajstić information content (AvgIpc) is 2.96. The number of carbonyl (C=O) groups is 1. The van der Waals surface area contributed by atoms with E-state index in [4.69, 9.17) is 0 Å². The van der Waals surface area contributed by atoms with E-state index in [9.17, 15) is 14.3 Å². The summed E-state index contributed by atoms with van der Waals surface area (Å²) in [6.45, 7) is 7.51. The number of carbonyl (C=O) groups excluding carboxylic acids is 1. The molecule has 136 valence electrons. The first-order valence-electron chi connectivity index (χ1n) is 8.13. The molecule has 0 aliphatic carbocycles. The van der Waals surface area contributed by atoms with E-state index in [-0.39, 0.29) is 23.7 Å².